The summed E-state index contributed by atoms with van der Waals surface area (Å²) >= 11 is 0. The molecule has 1 aliphatic heterocycles. The van der Waals surface area contributed by atoms with Crippen molar-refractivity contribution in [2.45, 2.75) is 13.8 Å². The molecule has 0 bridgehead atoms. The van der Waals surface area contributed by atoms with E-state index in [1.54, 1.807) is 42.7 Å². The van der Waals surface area contributed by atoms with Crippen molar-refractivity contribution in [3.8, 4) is 11.5 Å². The molecule has 112 valence electrons. The van der Waals surface area contributed by atoms with Gasteiger partial charge in [-0.1, -0.05) is 5.57 Å². The Morgan fingerprint density at radius 3 is 2.86 bits per heavy atom. The molecule has 0 saturated carbocycles. The molecular formula is C18H16O4. The average molecular weight is 296 g/mol. The average Bonchev–Trinajstić information content (AvgIpc) is 3.08. The molecule has 22 heavy (non-hydrogen) atoms. The maximum Gasteiger partial charge on any atom is 0.232 e. The second-order valence-corrected chi connectivity index (χ2v) is 5.21. The van der Waals surface area contributed by atoms with Gasteiger partial charge < -0.3 is 13.9 Å². The zero-order valence-corrected chi connectivity index (χ0v) is 12.5. The van der Waals surface area contributed by atoms with Crippen LogP contribution in [0, 0.1) is 0 Å². The van der Waals surface area contributed by atoms with E-state index in [-0.39, 0.29) is 11.5 Å². The monoisotopic (exact) mass is 296 g/mol. The van der Waals surface area contributed by atoms with Gasteiger partial charge in [0.1, 0.15) is 23.9 Å². The summed E-state index contributed by atoms with van der Waals surface area (Å²) in [5, 5.41) is 0. The van der Waals surface area contributed by atoms with Gasteiger partial charge in [-0.3, -0.25) is 4.79 Å². The first-order chi connectivity index (χ1) is 10.6. The van der Waals surface area contributed by atoms with Gasteiger partial charge in [-0.2, -0.15) is 0 Å². The van der Waals surface area contributed by atoms with Crippen LogP contribution in [0.25, 0.3) is 6.08 Å². The third-order valence-electron chi connectivity index (χ3n) is 3.20. The number of Topliss-reactive ketones (excluding diaryl/α,β-unsaturated/α-hetero) is 1. The molecule has 0 N–H and O–H groups in total. The van der Waals surface area contributed by atoms with Gasteiger partial charge >= 0.3 is 0 Å². The number of carbonyl (C=O) groups is 1. The molecule has 0 radical (unpaired) electrons. The van der Waals surface area contributed by atoms with Crippen LogP contribution in [0.2, 0.25) is 0 Å². The molecule has 3 rings (SSSR count). The number of ether oxygens (including phenoxy) is 2. The van der Waals surface area contributed by atoms with E-state index < -0.39 is 0 Å². The molecule has 0 saturated heterocycles. The Labute approximate surface area is 128 Å². The Hall–Kier alpha value is -2.75. The SMILES string of the molecule is CC(C)=CCOc1ccc2c(c1)O/C(=C\c1ccco1)C2=O. The zero-order chi connectivity index (χ0) is 15.5. The fourth-order valence-electron chi connectivity index (χ4n) is 2.06. The molecular weight excluding hydrogens is 280 g/mol. The smallest absolute Gasteiger partial charge is 0.232 e. The molecule has 2 aromatic rings. The third kappa shape index (κ3) is 2.96. The molecule has 1 aromatic heterocycles. The highest BCUT2D eigenvalue weighted by Gasteiger charge is 2.28. The van der Waals surface area contributed by atoms with E-state index in [1.165, 1.54) is 5.57 Å². The van der Waals surface area contributed by atoms with Crippen LogP contribution in [-0.4, -0.2) is 12.4 Å². The summed E-state index contributed by atoms with van der Waals surface area (Å²) in [7, 11) is 0. The van der Waals surface area contributed by atoms with Crippen molar-refractivity contribution in [1.82, 2.24) is 0 Å². The van der Waals surface area contributed by atoms with Gasteiger partial charge in [-0.25, -0.2) is 0 Å². The van der Waals surface area contributed by atoms with Gasteiger partial charge in [0.2, 0.25) is 5.78 Å². The summed E-state index contributed by atoms with van der Waals surface area (Å²) < 4.78 is 16.4. The van der Waals surface area contributed by atoms with Crippen LogP contribution in [-0.2, 0) is 0 Å². The molecule has 0 aliphatic carbocycles. The number of carbonyl (C=O) groups excluding carboxylic acids is 1. The van der Waals surface area contributed by atoms with Crippen LogP contribution in [0.5, 0.6) is 11.5 Å². The van der Waals surface area contributed by atoms with E-state index in [1.807, 2.05) is 19.9 Å². The molecule has 0 amide bonds. The maximum absolute atomic E-state index is 12.3. The Balaban J connectivity index is 1.79. The molecule has 0 unspecified atom stereocenters. The molecule has 0 atom stereocenters. The summed E-state index contributed by atoms with van der Waals surface area (Å²) in [6.45, 7) is 4.52. The largest absolute Gasteiger partial charge is 0.489 e. The second-order valence-electron chi connectivity index (χ2n) is 5.21. The summed E-state index contributed by atoms with van der Waals surface area (Å²) in [4.78, 5) is 12.3. The van der Waals surface area contributed by atoms with Gasteiger partial charge in [-0.15, -0.1) is 0 Å². The number of rotatable bonds is 4. The second kappa shape index (κ2) is 5.93. The number of furan rings is 1. The number of hydrogen-bond acceptors (Lipinski definition) is 4. The van der Waals surface area contributed by atoms with Crippen LogP contribution < -0.4 is 9.47 Å². The summed E-state index contributed by atoms with van der Waals surface area (Å²) in [5.41, 5.74) is 1.73. The molecule has 1 aliphatic rings. The standard InChI is InChI=1S/C18H16O4/c1-12(2)7-9-21-14-5-6-15-16(10-14)22-17(18(15)19)11-13-4-3-8-20-13/h3-8,10-11H,9H2,1-2H3/b17-11-. The van der Waals surface area contributed by atoms with Crippen LogP contribution in [0.15, 0.2) is 58.4 Å². The normalized spacial score (nSPS) is 14.6. The van der Waals surface area contributed by atoms with Gasteiger partial charge in [0.15, 0.2) is 5.76 Å². The highest BCUT2D eigenvalue weighted by Crippen LogP contribution is 2.34. The molecule has 0 spiro atoms. The number of hydrogen-bond donors (Lipinski definition) is 0. The first kappa shape index (κ1) is 14.2. The van der Waals surface area contributed by atoms with Gasteiger partial charge in [0, 0.05) is 12.1 Å². The minimum atomic E-state index is -0.151. The van der Waals surface area contributed by atoms with Crippen molar-refractivity contribution in [2.24, 2.45) is 0 Å². The quantitative estimate of drug-likeness (QED) is 0.625. The van der Waals surface area contributed by atoms with E-state index >= 15 is 0 Å². The topological polar surface area (TPSA) is 48.7 Å². The number of fused-ring (bicyclic) bond motifs is 1. The van der Waals surface area contributed by atoms with Crippen molar-refractivity contribution in [1.29, 1.82) is 0 Å². The molecule has 1 aromatic carbocycles. The van der Waals surface area contributed by atoms with E-state index in [2.05, 4.69) is 0 Å². The predicted molar refractivity (Wildman–Crippen MR) is 83.0 cm³/mol. The fourth-order valence-corrected chi connectivity index (χ4v) is 2.06. The first-order valence-corrected chi connectivity index (χ1v) is 7.01. The first-order valence-electron chi connectivity index (χ1n) is 7.01. The van der Waals surface area contributed by atoms with Crippen molar-refractivity contribution < 1.29 is 18.7 Å². The lowest BCUT2D eigenvalue weighted by molar-refractivity contribution is 0.101. The predicted octanol–water partition coefficient (Wildman–Crippen LogP) is 4.24. The summed E-state index contributed by atoms with van der Waals surface area (Å²) in [5.74, 6) is 1.87. The highest BCUT2D eigenvalue weighted by molar-refractivity contribution is 6.14. The van der Waals surface area contributed by atoms with Crippen LogP contribution in [0.4, 0.5) is 0 Å². The molecule has 2 heterocycles. The Morgan fingerprint density at radius 2 is 2.14 bits per heavy atom. The number of ketones is 1. The van der Waals surface area contributed by atoms with Crippen LogP contribution in [0.1, 0.15) is 30.0 Å². The highest BCUT2D eigenvalue weighted by atomic mass is 16.5. The van der Waals surface area contributed by atoms with Crippen LogP contribution in [0.3, 0.4) is 0 Å². The minimum Gasteiger partial charge on any atom is -0.489 e. The number of allylic oxidation sites excluding steroid dienone is 2. The third-order valence-corrected chi connectivity index (χ3v) is 3.20. The lowest BCUT2D eigenvalue weighted by Crippen LogP contribution is -1.97. The Kier molecular flexibility index (Phi) is 3.83. The van der Waals surface area contributed by atoms with Crippen molar-refractivity contribution in [3.05, 3.63) is 65.3 Å². The van der Waals surface area contributed by atoms with Crippen molar-refractivity contribution >= 4 is 11.9 Å². The minimum absolute atomic E-state index is 0.151. The Morgan fingerprint density at radius 1 is 1.27 bits per heavy atom. The Bertz CT molecular complexity index is 747. The van der Waals surface area contributed by atoms with Crippen molar-refractivity contribution in [2.75, 3.05) is 6.61 Å². The van der Waals surface area contributed by atoms with E-state index in [0.29, 0.717) is 29.4 Å². The van der Waals surface area contributed by atoms with Gasteiger partial charge in [0.25, 0.3) is 0 Å². The molecule has 4 nitrogen and oxygen atoms in total. The van der Waals surface area contributed by atoms with E-state index in [9.17, 15) is 4.79 Å². The van der Waals surface area contributed by atoms with E-state index in [0.717, 1.165) is 0 Å². The number of benzene rings is 1. The van der Waals surface area contributed by atoms with Gasteiger partial charge in [-0.05, 0) is 44.2 Å². The summed E-state index contributed by atoms with van der Waals surface area (Å²) in [6, 6.07) is 8.75. The lowest BCUT2D eigenvalue weighted by Gasteiger charge is -2.05. The van der Waals surface area contributed by atoms with E-state index in [4.69, 9.17) is 13.9 Å². The lowest BCUT2D eigenvalue weighted by atomic mass is 10.1. The van der Waals surface area contributed by atoms with Gasteiger partial charge in [0.05, 0.1) is 11.8 Å². The van der Waals surface area contributed by atoms with Crippen LogP contribution >= 0.6 is 0 Å². The molecule has 0 fully saturated rings. The van der Waals surface area contributed by atoms with Crippen molar-refractivity contribution in [3.63, 3.8) is 0 Å². The fraction of sp³-hybridized carbons (Fsp3) is 0.167. The molecule has 4 heteroatoms. The zero-order valence-electron chi connectivity index (χ0n) is 12.5. The summed E-state index contributed by atoms with van der Waals surface area (Å²) in [6.07, 6.45) is 5.13. The maximum atomic E-state index is 12.3.